The fourth-order valence-electron chi connectivity index (χ4n) is 7.98. The van der Waals surface area contributed by atoms with Crippen molar-refractivity contribution in [1.29, 1.82) is 5.26 Å². The van der Waals surface area contributed by atoms with Crippen LogP contribution in [-0.2, 0) is 31.0 Å². The summed E-state index contributed by atoms with van der Waals surface area (Å²) >= 11 is 0. The predicted molar refractivity (Wildman–Crippen MR) is 118 cm³/mol. The Balaban J connectivity index is 1.65. The molecule has 4 aliphatic carbocycles. The highest BCUT2D eigenvalue weighted by molar-refractivity contribution is 5.46. The van der Waals surface area contributed by atoms with Crippen molar-refractivity contribution in [3.63, 3.8) is 0 Å². The number of ether oxygens (including phenoxy) is 5. The fourth-order valence-corrected chi connectivity index (χ4v) is 7.98. The molecule has 0 heterocycles. The normalized spacial score (nSPS) is 39.5. The van der Waals surface area contributed by atoms with Gasteiger partial charge in [-0.05, 0) is 73.1 Å². The number of hydrogen-bond acceptors (Lipinski definition) is 6. The van der Waals surface area contributed by atoms with E-state index in [0.29, 0.717) is 18.6 Å². The van der Waals surface area contributed by atoms with Gasteiger partial charge in [-0.15, -0.1) is 0 Å². The zero-order chi connectivity index (χ0) is 22.3. The van der Waals surface area contributed by atoms with Gasteiger partial charge >= 0.3 is 0 Å². The Morgan fingerprint density at radius 1 is 1.09 bits per heavy atom. The lowest BCUT2D eigenvalue weighted by Crippen LogP contribution is -2.55. The number of nitriles is 1. The third-order valence-electron chi connectivity index (χ3n) is 9.01. The van der Waals surface area contributed by atoms with Crippen LogP contribution < -0.4 is 4.74 Å². The van der Waals surface area contributed by atoms with E-state index in [9.17, 15) is 5.26 Å². The maximum absolute atomic E-state index is 10.9. The summed E-state index contributed by atoms with van der Waals surface area (Å²) in [6, 6.07) is 9.28. The topological polar surface area (TPSA) is 69.9 Å². The molecule has 3 fully saturated rings. The van der Waals surface area contributed by atoms with Crippen molar-refractivity contribution in [3.05, 3.63) is 29.3 Å². The van der Waals surface area contributed by atoms with Crippen molar-refractivity contribution in [2.24, 2.45) is 29.1 Å². The molecule has 2 bridgehead atoms. The Hall–Kier alpha value is -1.65. The SMILES string of the molecule is COCO[C@H]1C[C@H]2[C@](C#N)([C@@H]3Cc4cc(OC)ccc4[C@@]2(OCOC)C3)[C@H]2CCCC[C@H]12. The number of hydrogen-bond donors (Lipinski definition) is 0. The van der Waals surface area contributed by atoms with Crippen LogP contribution in [0.5, 0.6) is 5.75 Å². The van der Waals surface area contributed by atoms with Crippen LogP contribution in [0.25, 0.3) is 0 Å². The molecule has 0 aromatic heterocycles. The maximum Gasteiger partial charge on any atom is 0.147 e. The van der Waals surface area contributed by atoms with Crippen LogP contribution in [-0.4, -0.2) is 41.0 Å². The van der Waals surface area contributed by atoms with E-state index in [0.717, 1.165) is 37.9 Å². The third-order valence-corrected chi connectivity index (χ3v) is 9.01. The zero-order valence-corrected chi connectivity index (χ0v) is 19.5. The van der Waals surface area contributed by atoms with Gasteiger partial charge in [0.15, 0.2) is 0 Å². The molecule has 6 heteroatoms. The summed E-state index contributed by atoms with van der Waals surface area (Å²) in [6.45, 7) is 0.511. The van der Waals surface area contributed by atoms with Crippen LogP contribution in [0.2, 0.25) is 0 Å². The van der Waals surface area contributed by atoms with E-state index >= 15 is 0 Å². The summed E-state index contributed by atoms with van der Waals surface area (Å²) in [5, 5.41) is 10.9. The minimum absolute atomic E-state index is 0.0657. The Kier molecular flexibility index (Phi) is 5.96. The van der Waals surface area contributed by atoms with E-state index in [-0.39, 0.29) is 24.7 Å². The van der Waals surface area contributed by atoms with Crippen molar-refractivity contribution in [1.82, 2.24) is 0 Å². The number of rotatable bonds is 7. The van der Waals surface area contributed by atoms with Crippen molar-refractivity contribution >= 4 is 0 Å². The molecular formula is C26H35NO5. The average Bonchev–Trinajstić information content (AvgIpc) is 3.06. The number of fused-ring (bicyclic) bond motifs is 9. The van der Waals surface area contributed by atoms with E-state index in [2.05, 4.69) is 18.2 Å². The molecule has 4 aliphatic rings. The first-order valence-electron chi connectivity index (χ1n) is 12.0. The molecule has 0 saturated heterocycles. The lowest BCUT2D eigenvalue weighted by atomic mass is 9.50. The zero-order valence-electron chi connectivity index (χ0n) is 19.5. The third kappa shape index (κ3) is 3.05. The standard InChI is InChI=1S/C26H35NO5/c1-28-15-31-23-12-24-25(14-27,22-7-5-4-6-20(22)23)18-10-17-11-19(30-3)8-9-21(17)26(24,13-18)32-16-29-2/h8-9,11,18,20,22-24H,4-7,10,12-13,15-16H2,1-3H3/t18-,20+,22+,23+,24+,25-,26+/m1/s1. The first-order valence-corrected chi connectivity index (χ1v) is 12.0. The molecule has 0 aliphatic heterocycles. The summed E-state index contributed by atoms with van der Waals surface area (Å²) in [5.74, 6) is 1.93. The van der Waals surface area contributed by atoms with Crippen molar-refractivity contribution < 1.29 is 23.7 Å². The van der Waals surface area contributed by atoms with Crippen molar-refractivity contribution in [2.45, 2.75) is 56.7 Å². The Morgan fingerprint density at radius 2 is 1.91 bits per heavy atom. The number of nitrogens with zero attached hydrogens (tertiary/aromatic N) is 1. The second-order valence-corrected chi connectivity index (χ2v) is 10.1. The van der Waals surface area contributed by atoms with E-state index < -0.39 is 11.0 Å². The minimum Gasteiger partial charge on any atom is -0.497 e. The van der Waals surface area contributed by atoms with Gasteiger partial charge in [0.05, 0.1) is 24.7 Å². The van der Waals surface area contributed by atoms with Gasteiger partial charge in [0.2, 0.25) is 0 Å². The van der Waals surface area contributed by atoms with Crippen molar-refractivity contribution in [2.75, 3.05) is 34.9 Å². The Labute approximate surface area is 191 Å². The van der Waals surface area contributed by atoms with Gasteiger partial charge < -0.3 is 23.7 Å². The van der Waals surface area contributed by atoms with E-state index in [1.807, 2.05) is 6.07 Å². The smallest absolute Gasteiger partial charge is 0.147 e. The highest BCUT2D eigenvalue weighted by Gasteiger charge is 2.72. The van der Waals surface area contributed by atoms with Crippen LogP contribution in [0.3, 0.4) is 0 Å². The van der Waals surface area contributed by atoms with Crippen LogP contribution in [0.15, 0.2) is 18.2 Å². The first kappa shape index (κ1) is 22.2. The molecule has 0 radical (unpaired) electrons. The lowest BCUT2D eigenvalue weighted by molar-refractivity contribution is -0.203. The molecule has 1 aromatic carbocycles. The minimum atomic E-state index is -0.534. The molecule has 1 aromatic rings. The molecule has 0 amide bonds. The lowest BCUT2D eigenvalue weighted by Gasteiger charge is -2.54. The summed E-state index contributed by atoms with van der Waals surface area (Å²) in [6.07, 6.45) is 7.32. The monoisotopic (exact) mass is 441 g/mol. The second-order valence-electron chi connectivity index (χ2n) is 10.1. The molecule has 0 unspecified atom stereocenters. The molecule has 32 heavy (non-hydrogen) atoms. The highest BCUT2D eigenvalue weighted by Crippen LogP contribution is 2.71. The van der Waals surface area contributed by atoms with Gasteiger partial charge in [-0.2, -0.15) is 5.26 Å². The van der Waals surface area contributed by atoms with Gasteiger partial charge in [0.25, 0.3) is 0 Å². The maximum atomic E-state index is 10.9. The summed E-state index contributed by atoms with van der Waals surface area (Å²) in [5.41, 5.74) is 1.52. The Morgan fingerprint density at radius 3 is 2.66 bits per heavy atom. The van der Waals surface area contributed by atoms with Crippen molar-refractivity contribution in [3.8, 4) is 11.8 Å². The number of methoxy groups -OCH3 is 3. The summed E-state index contributed by atoms with van der Waals surface area (Å²) in [7, 11) is 5.05. The predicted octanol–water partition coefficient (Wildman–Crippen LogP) is 4.41. The Bertz CT molecular complexity index is 883. The van der Waals surface area contributed by atoms with Crippen LogP contribution in [0.1, 0.15) is 49.7 Å². The molecule has 174 valence electrons. The van der Waals surface area contributed by atoms with E-state index in [4.69, 9.17) is 23.7 Å². The van der Waals surface area contributed by atoms with Gasteiger partial charge in [0, 0.05) is 20.1 Å². The van der Waals surface area contributed by atoms with Crippen LogP contribution >= 0.6 is 0 Å². The summed E-state index contributed by atoms with van der Waals surface area (Å²) in [4.78, 5) is 0. The van der Waals surface area contributed by atoms with Gasteiger partial charge in [0.1, 0.15) is 24.9 Å². The summed E-state index contributed by atoms with van der Waals surface area (Å²) < 4.78 is 29.2. The molecule has 5 rings (SSSR count). The molecular weight excluding hydrogens is 406 g/mol. The molecule has 6 nitrogen and oxygen atoms in total. The molecule has 0 spiro atoms. The van der Waals surface area contributed by atoms with Gasteiger partial charge in [-0.1, -0.05) is 18.9 Å². The molecule has 7 atom stereocenters. The fraction of sp³-hybridized carbons (Fsp3) is 0.731. The second kappa shape index (κ2) is 8.61. The first-order chi connectivity index (χ1) is 15.6. The van der Waals surface area contributed by atoms with Gasteiger partial charge in [-0.25, -0.2) is 0 Å². The van der Waals surface area contributed by atoms with Crippen LogP contribution in [0.4, 0.5) is 0 Å². The molecule has 3 saturated carbocycles. The van der Waals surface area contributed by atoms with E-state index in [1.165, 1.54) is 24.0 Å². The number of benzene rings is 1. The van der Waals surface area contributed by atoms with E-state index in [1.54, 1.807) is 21.3 Å². The quantitative estimate of drug-likeness (QED) is 0.584. The largest absolute Gasteiger partial charge is 0.497 e. The molecule has 0 N–H and O–H groups in total. The van der Waals surface area contributed by atoms with Gasteiger partial charge in [-0.3, -0.25) is 0 Å². The highest BCUT2D eigenvalue weighted by atomic mass is 16.7. The van der Waals surface area contributed by atoms with Crippen LogP contribution in [0, 0.1) is 40.4 Å². The average molecular weight is 442 g/mol.